The van der Waals surface area contributed by atoms with Crippen LogP contribution in [0.25, 0.3) is 0 Å². The summed E-state index contributed by atoms with van der Waals surface area (Å²) in [6.45, 7) is 9.11. The molecule has 2 aliphatic rings. The normalized spacial score (nSPS) is 21.1. The summed E-state index contributed by atoms with van der Waals surface area (Å²) in [4.78, 5) is 33.7. The van der Waals surface area contributed by atoms with Crippen molar-refractivity contribution in [2.75, 3.05) is 46.3 Å². The van der Waals surface area contributed by atoms with Gasteiger partial charge in [0.25, 0.3) is 5.91 Å². The molecule has 0 aromatic carbocycles. The molecule has 138 valence electrons. The van der Waals surface area contributed by atoms with Gasteiger partial charge in [-0.3, -0.25) is 9.59 Å². The molecule has 25 heavy (non-hydrogen) atoms. The number of rotatable bonds is 4. The van der Waals surface area contributed by atoms with E-state index in [1.807, 2.05) is 29.7 Å². The Balaban J connectivity index is 1.67. The minimum absolute atomic E-state index is 0.0851. The zero-order chi connectivity index (χ0) is 18.0. The smallest absolute Gasteiger partial charge is 0.263 e. The zero-order valence-corrected chi connectivity index (χ0v) is 16.4. The van der Waals surface area contributed by atoms with Crippen molar-refractivity contribution in [3.63, 3.8) is 0 Å². The highest BCUT2D eigenvalue weighted by Crippen LogP contribution is 2.34. The number of piperazine rings is 1. The predicted molar refractivity (Wildman–Crippen MR) is 101 cm³/mol. The standard InChI is InChI=1S/C19H29N3O2S/c1-4-21(5-2)19(24)17-13-15-12-14(6-7-16(15)25-17)18(23)22-10-8-20(3)9-11-22/h13-14H,4-12H2,1-3H3/t14-/m1/s1. The van der Waals surface area contributed by atoms with Gasteiger partial charge in [-0.15, -0.1) is 11.3 Å². The van der Waals surface area contributed by atoms with Crippen LogP contribution in [-0.4, -0.2) is 72.8 Å². The number of likely N-dealkylation sites (N-methyl/N-ethyl adjacent to an activating group) is 1. The number of carbonyl (C=O) groups is 2. The maximum Gasteiger partial charge on any atom is 0.263 e. The summed E-state index contributed by atoms with van der Waals surface area (Å²) in [6, 6.07) is 2.05. The van der Waals surface area contributed by atoms with Gasteiger partial charge >= 0.3 is 0 Å². The van der Waals surface area contributed by atoms with Crippen molar-refractivity contribution in [2.24, 2.45) is 5.92 Å². The second-order valence-electron chi connectivity index (χ2n) is 7.10. The quantitative estimate of drug-likeness (QED) is 0.823. The van der Waals surface area contributed by atoms with Gasteiger partial charge in [-0.2, -0.15) is 0 Å². The van der Waals surface area contributed by atoms with Crippen LogP contribution in [-0.2, 0) is 17.6 Å². The molecular weight excluding hydrogens is 334 g/mol. The Hall–Kier alpha value is -1.40. The molecule has 0 unspecified atom stereocenters. The van der Waals surface area contributed by atoms with Crippen LogP contribution in [0.15, 0.2) is 6.07 Å². The molecule has 0 radical (unpaired) electrons. The fourth-order valence-electron chi connectivity index (χ4n) is 3.79. The zero-order valence-electron chi connectivity index (χ0n) is 15.6. The third kappa shape index (κ3) is 3.90. The molecule has 2 heterocycles. The largest absolute Gasteiger partial charge is 0.340 e. The summed E-state index contributed by atoms with van der Waals surface area (Å²) < 4.78 is 0. The summed E-state index contributed by atoms with van der Waals surface area (Å²) in [5.74, 6) is 0.523. The fourth-order valence-corrected chi connectivity index (χ4v) is 4.97. The molecule has 2 amide bonds. The molecule has 0 bridgehead atoms. The molecule has 1 aliphatic heterocycles. The summed E-state index contributed by atoms with van der Waals surface area (Å²) >= 11 is 1.63. The van der Waals surface area contributed by atoms with E-state index >= 15 is 0 Å². The fraction of sp³-hybridized carbons (Fsp3) is 0.684. The van der Waals surface area contributed by atoms with E-state index in [-0.39, 0.29) is 11.8 Å². The number of fused-ring (bicyclic) bond motifs is 1. The van der Waals surface area contributed by atoms with Crippen molar-refractivity contribution in [3.8, 4) is 0 Å². The average molecular weight is 364 g/mol. The lowest BCUT2D eigenvalue weighted by molar-refractivity contribution is -0.137. The third-order valence-electron chi connectivity index (χ3n) is 5.51. The first-order valence-corrected chi connectivity index (χ1v) is 10.2. The first-order valence-electron chi connectivity index (χ1n) is 9.41. The lowest BCUT2D eigenvalue weighted by Crippen LogP contribution is -2.49. The van der Waals surface area contributed by atoms with Gasteiger partial charge in [0.2, 0.25) is 5.91 Å². The Morgan fingerprint density at radius 3 is 2.52 bits per heavy atom. The van der Waals surface area contributed by atoms with Gasteiger partial charge in [0.15, 0.2) is 0 Å². The van der Waals surface area contributed by atoms with Crippen LogP contribution in [0.3, 0.4) is 0 Å². The van der Waals surface area contributed by atoms with Crippen LogP contribution in [0.4, 0.5) is 0 Å². The topological polar surface area (TPSA) is 43.9 Å². The molecule has 1 aromatic heterocycles. The summed E-state index contributed by atoms with van der Waals surface area (Å²) in [7, 11) is 2.11. The van der Waals surface area contributed by atoms with Gasteiger partial charge in [0.1, 0.15) is 0 Å². The summed E-state index contributed by atoms with van der Waals surface area (Å²) in [5, 5.41) is 0. The predicted octanol–water partition coefficient (Wildman–Crippen LogP) is 2.11. The van der Waals surface area contributed by atoms with Crippen molar-refractivity contribution >= 4 is 23.2 Å². The number of nitrogens with zero attached hydrogens (tertiary/aromatic N) is 3. The minimum atomic E-state index is 0.0851. The number of amides is 2. The number of thiophene rings is 1. The molecular formula is C19H29N3O2S. The van der Waals surface area contributed by atoms with Gasteiger partial charge in [-0.05, 0) is 51.8 Å². The lowest BCUT2D eigenvalue weighted by Gasteiger charge is -2.35. The second kappa shape index (κ2) is 7.87. The van der Waals surface area contributed by atoms with Crippen LogP contribution in [0, 0.1) is 5.92 Å². The molecule has 6 heteroatoms. The van der Waals surface area contributed by atoms with Gasteiger partial charge < -0.3 is 14.7 Å². The molecule has 1 fully saturated rings. The SMILES string of the molecule is CCN(CC)C(=O)c1cc2c(s1)CC[C@@H](C(=O)N1CCN(C)CC1)C2. The molecule has 1 atom stereocenters. The first-order chi connectivity index (χ1) is 12.0. The first kappa shape index (κ1) is 18.4. The van der Waals surface area contributed by atoms with E-state index in [0.717, 1.165) is 63.4 Å². The maximum absolute atomic E-state index is 12.8. The monoisotopic (exact) mass is 363 g/mol. The Kier molecular flexibility index (Phi) is 5.79. The number of carbonyl (C=O) groups excluding carboxylic acids is 2. The van der Waals surface area contributed by atoms with Crippen LogP contribution in [0.2, 0.25) is 0 Å². The van der Waals surface area contributed by atoms with Crippen LogP contribution in [0.1, 0.15) is 40.4 Å². The van der Waals surface area contributed by atoms with E-state index in [9.17, 15) is 9.59 Å². The average Bonchev–Trinajstić information content (AvgIpc) is 3.06. The second-order valence-corrected chi connectivity index (χ2v) is 8.24. The van der Waals surface area contributed by atoms with E-state index in [1.165, 1.54) is 10.4 Å². The van der Waals surface area contributed by atoms with Gasteiger partial charge in [-0.1, -0.05) is 0 Å². The Morgan fingerprint density at radius 1 is 1.20 bits per heavy atom. The van der Waals surface area contributed by atoms with Crippen molar-refractivity contribution in [1.29, 1.82) is 0 Å². The van der Waals surface area contributed by atoms with E-state index < -0.39 is 0 Å². The van der Waals surface area contributed by atoms with Gasteiger partial charge in [0, 0.05) is 50.1 Å². The third-order valence-corrected chi connectivity index (χ3v) is 6.73. The molecule has 5 nitrogen and oxygen atoms in total. The highest BCUT2D eigenvalue weighted by atomic mass is 32.1. The van der Waals surface area contributed by atoms with E-state index in [0.29, 0.717) is 5.91 Å². The molecule has 1 aromatic rings. The highest BCUT2D eigenvalue weighted by molar-refractivity contribution is 7.14. The van der Waals surface area contributed by atoms with Gasteiger partial charge in [0.05, 0.1) is 4.88 Å². The molecule has 0 spiro atoms. The maximum atomic E-state index is 12.8. The molecule has 3 rings (SSSR count). The number of aryl methyl sites for hydroxylation is 1. The van der Waals surface area contributed by atoms with Crippen LogP contribution < -0.4 is 0 Å². The van der Waals surface area contributed by atoms with Crippen LogP contribution >= 0.6 is 11.3 Å². The molecule has 0 N–H and O–H groups in total. The molecule has 0 saturated carbocycles. The van der Waals surface area contributed by atoms with Crippen molar-refractivity contribution < 1.29 is 9.59 Å². The highest BCUT2D eigenvalue weighted by Gasteiger charge is 2.31. The molecule has 1 saturated heterocycles. The van der Waals surface area contributed by atoms with Crippen molar-refractivity contribution in [1.82, 2.24) is 14.7 Å². The summed E-state index contributed by atoms with van der Waals surface area (Å²) in [6.07, 6.45) is 2.63. The van der Waals surface area contributed by atoms with E-state index in [1.54, 1.807) is 11.3 Å². The van der Waals surface area contributed by atoms with Crippen molar-refractivity contribution in [3.05, 3.63) is 21.4 Å². The number of hydrogen-bond donors (Lipinski definition) is 0. The Bertz CT molecular complexity index is 631. The minimum Gasteiger partial charge on any atom is -0.340 e. The van der Waals surface area contributed by atoms with Crippen LogP contribution in [0.5, 0.6) is 0 Å². The van der Waals surface area contributed by atoms with Crippen molar-refractivity contribution in [2.45, 2.75) is 33.1 Å². The van der Waals surface area contributed by atoms with Gasteiger partial charge in [-0.25, -0.2) is 0 Å². The molecule has 1 aliphatic carbocycles. The van der Waals surface area contributed by atoms with E-state index in [2.05, 4.69) is 11.9 Å². The van der Waals surface area contributed by atoms with E-state index in [4.69, 9.17) is 0 Å². The Labute approximate surface area is 154 Å². The lowest BCUT2D eigenvalue weighted by atomic mass is 9.87. The Morgan fingerprint density at radius 2 is 1.88 bits per heavy atom. The number of hydrogen-bond acceptors (Lipinski definition) is 4. The summed E-state index contributed by atoms with van der Waals surface area (Å²) in [5.41, 5.74) is 1.22.